The van der Waals surface area contributed by atoms with Crippen molar-refractivity contribution >= 4 is 14.3 Å². The van der Waals surface area contributed by atoms with Crippen LogP contribution >= 0.6 is 0 Å². The average molecular weight is 327 g/mol. The predicted molar refractivity (Wildman–Crippen MR) is 82.2 cm³/mol. The first-order chi connectivity index (χ1) is 10.5. The SMILES string of the molecule is C=CCCC[C@@H]1ON2OC[C@@H]3[C@@]2(C(=O)OCC)[C@H]1O[Si]3(C)C. The first kappa shape index (κ1) is 16.1. The van der Waals surface area contributed by atoms with E-state index >= 15 is 0 Å². The molecular weight excluding hydrogens is 302 g/mol. The lowest BCUT2D eigenvalue weighted by molar-refractivity contribution is -0.355. The number of rotatable bonds is 6. The zero-order valence-corrected chi connectivity index (χ0v) is 14.5. The van der Waals surface area contributed by atoms with Crippen LogP contribution in [0.4, 0.5) is 0 Å². The maximum absolute atomic E-state index is 12.8. The fourth-order valence-corrected chi connectivity index (χ4v) is 7.01. The Bertz CT molecular complexity index is 471. The van der Waals surface area contributed by atoms with E-state index in [0.717, 1.165) is 19.3 Å². The summed E-state index contributed by atoms with van der Waals surface area (Å²) in [5.74, 6) is -0.271. The molecule has 0 amide bonds. The zero-order chi connectivity index (χ0) is 16.0. The summed E-state index contributed by atoms with van der Waals surface area (Å²) in [6, 6.07) is 0. The number of hydroxylamine groups is 2. The minimum atomic E-state index is -2.04. The largest absolute Gasteiger partial charge is 0.464 e. The molecule has 0 bridgehead atoms. The van der Waals surface area contributed by atoms with Gasteiger partial charge in [-0.3, -0.25) is 9.68 Å². The van der Waals surface area contributed by atoms with Gasteiger partial charge >= 0.3 is 5.97 Å². The molecule has 3 rings (SSSR count). The normalized spacial score (nSPS) is 39.0. The summed E-state index contributed by atoms with van der Waals surface area (Å²) in [4.78, 5) is 24.4. The predicted octanol–water partition coefficient (Wildman–Crippen LogP) is 2.18. The molecule has 0 aromatic rings. The Hall–Kier alpha value is -0.733. The molecule has 3 aliphatic heterocycles. The van der Waals surface area contributed by atoms with E-state index in [2.05, 4.69) is 19.7 Å². The number of allylic oxidation sites excluding steroid dienone is 1. The molecule has 124 valence electrons. The van der Waals surface area contributed by atoms with E-state index in [4.69, 9.17) is 18.8 Å². The molecule has 3 fully saturated rings. The van der Waals surface area contributed by atoms with Gasteiger partial charge in [0.2, 0.25) is 5.54 Å². The van der Waals surface area contributed by atoms with Gasteiger partial charge in [-0.05, 0) is 44.5 Å². The van der Waals surface area contributed by atoms with Gasteiger partial charge in [0.05, 0.1) is 13.2 Å². The van der Waals surface area contributed by atoms with Crippen LogP contribution in [0.15, 0.2) is 12.7 Å². The Balaban J connectivity index is 1.90. The number of hydrogen-bond donors (Lipinski definition) is 0. The lowest BCUT2D eigenvalue weighted by Crippen LogP contribution is -2.54. The third-order valence-corrected chi connectivity index (χ3v) is 8.11. The second kappa shape index (κ2) is 5.72. The van der Waals surface area contributed by atoms with Crippen molar-refractivity contribution in [3.05, 3.63) is 12.7 Å². The number of esters is 1. The van der Waals surface area contributed by atoms with Crippen LogP contribution in [0.25, 0.3) is 0 Å². The molecule has 22 heavy (non-hydrogen) atoms. The number of ether oxygens (including phenoxy) is 1. The molecule has 6 nitrogen and oxygen atoms in total. The second-order valence-electron chi connectivity index (χ2n) is 6.66. The Morgan fingerprint density at radius 3 is 3.00 bits per heavy atom. The summed E-state index contributed by atoms with van der Waals surface area (Å²) < 4.78 is 11.8. The Morgan fingerprint density at radius 1 is 1.55 bits per heavy atom. The summed E-state index contributed by atoms with van der Waals surface area (Å²) in [7, 11) is -2.04. The average Bonchev–Trinajstić information content (AvgIpc) is 3.04. The molecule has 0 radical (unpaired) electrons. The van der Waals surface area contributed by atoms with Gasteiger partial charge in [-0.25, -0.2) is 4.79 Å². The second-order valence-corrected chi connectivity index (χ2v) is 10.8. The van der Waals surface area contributed by atoms with E-state index in [0.29, 0.717) is 13.2 Å². The monoisotopic (exact) mass is 327 g/mol. The quantitative estimate of drug-likeness (QED) is 0.323. The Kier molecular flexibility index (Phi) is 4.20. The highest BCUT2D eigenvalue weighted by Gasteiger charge is 2.78. The molecule has 0 aromatic heterocycles. The van der Waals surface area contributed by atoms with Crippen LogP contribution in [-0.4, -0.2) is 50.5 Å². The molecule has 0 aliphatic carbocycles. The van der Waals surface area contributed by atoms with Crippen molar-refractivity contribution in [1.29, 1.82) is 0 Å². The third-order valence-electron chi connectivity index (χ3n) is 4.96. The molecule has 0 spiro atoms. The fourth-order valence-electron chi connectivity index (χ4n) is 3.94. The van der Waals surface area contributed by atoms with Crippen molar-refractivity contribution in [3.8, 4) is 0 Å². The maximum Gasteiger partial charge on any atom is 0.334 e. The number of carbonyl (C=O) groups is 1. The van der Waals surface area contributed by atoms with Gasteiger partial charge < -0.3 is 9.16 Å². The van der Waals surface area contributed by atoms with Crippen LogP contribution in [0.3, 0.4) is 0 Å². The van der Waals surface area contributed by atoms with Crippen LogP contribution in [0, 0.1) is 0 Å². The number of nitrogens with zero attached hydrogens (tertiary/aromatic N) is 1. The molecule has 4 atom stereocenters. The first-order valence-electron chi connectivity index (χ1n) is 8.04. The van der Waals surface area contributed by atoms with E-state index < -0.39 is 13.9 Å². The molecule has 0 saturated carbocycles. The smallest absolute Gasteiger partial charge is 0.334 e. The highest BCUT2D eigenvalue weighted by molar-refractivity contribution is 6.74. The summed E-state index contributed by atoms with van der Waals surface area (Å²) in [5.41, 5.74) is -0.877. The minimum Gasteiger partial charge on any atom is -0.464 e. The topological polar surface area (TPSA) is 57.2 Å². The number of carbonyl (C=O) groups excluding carboxylic acids is 1. The number of hydrogen-bond acceptors (Lipinski definition) is 6. The van der Waals surface area contributed by atoms with E-state index in [1.54, 1.807) is 0 Å². The molecule has 0 unspecified atom stereocenters. The van der Waals surface area contributed by atoms with Gasteiger partial charge in [-0.15, -0.1) is 6.58 Å². The molecule has 3 saturated heterocycles. The van der Waals surface area contributed by atoms with Gasteiger partial charge in [0.25, 0.3) is 0 Å². The summed E-state index contributed by atoms with van der Waals surface area (Å²) in [6.45, 7) is 10.7. The highest BCUT2D eigenvalue weighted by Crippen LogP contribution is 2.58. The van der Waals surface area contributed by atoms with Gasteiger partial charge in [0, 0.05) is 5.54 Å². The van der Waals surface area contributed by atoms with E-state index in [1.807, 2.05) is 13.0 Å². The van der Waals surface area contributed by atoms with E-state index in [-0.39, 0.29) is 23.7 Å². The lowest BCUT2D eigenvalue weighted by atomic mass is 9.86. The van der Waals surface area contributed by atoms with Crippen molar-refractivity contribution in [2.24, 2.45) is 0 Å². The summed E-state index contributed by atoms with van der Waals surface area (Å²) >= 11 is 0. The lowest BCUT2D eigenvalue weighted by Gasteiger charge is -2.28. The molecule has 0 N–H and O–H groups in total. The van der Waals surface area contributed by atoms with Gasteiger partial charge in [-0.2, -0.15) is 0 Å². The third kappa shape index (κ3) is 2.10. The van der Waals surface area contributed by atoms with Crippen molar-refractivity contribution in [2.45, 2.75) is 62.6 Å². The summed E-state index contributed by atoms with van der Waals surface area (Å²) in [6.07, 6.45) is 4.11. The molecular formula is C15H25NO5Si. The van der Waals surface area contributed by atoms with Crippen molar-refractivity contribution in [3.63, 3.8) is 0 Å². The van der Waals surface area contributed by atoms with Crippen molar-refractivity contribution in [2.75, 3.05) is 13.2 Å². The van der Waals surface area contributed by atoms with Gasteiger partial charge in [0.1, 0.15) is 12.2 Å². The maximum atomic E-state index is 12.8. The first-order valence-corrected chi connectivity index (χ1v) is 11.0. The number of unbranched alkanes of at least 4 members (excludes halogenated alkanes) is 1. The van der Waals surface area contributed by atoms with Gasteiger partial charge in [0.15, 0.2) is 8.32 Å². The zero-order valence-electron chi connectivity index (χ0n) is 13.5. The van der Waals surface area contributed by atoms with Crippen LogP contribution in [0.1, 0.15) is 26.2 Å². The standard InChI is InChI=1S/C15H25NO5Si/c1-5-7-8-9-11-13-15(14(17)18-6-2)12(22(3,4)21-13)10-19-16(15)20-11/h5,11-13H,1,6-10H2,2-4H3/t11-,12+,13-,15-/m0/s1. The van der Waals surface area contributed by atoms with Crippen LogP contribution < -0.4 is 0 Å². The minimum absolute atomic E-state index is 0.0356. The Morgan fingerprint density at radius 2 is 2.32 bits per heavy atom. The van der Waals surface area contributed by atoms with Crippen LogP contribution in [0.5, 0.6) is 0 Å². The van der Waals surface area contributed by atoms with Crippen LogP contribution in [0.2, 0.25) is 18.6 Å². The van der Waals surface area contributed by atoms with Crippen LogP contribution in [-0.2, 0) is 23.6 Å². The molecule has 3 aliphatic rings. The summed E-state index contributed by atoms with van der Waals surface area (Å²) in [5, 5.41) is 1.40. The molecule has 3 heterocycles. The van der Waals surface area contributed by atoms with Gasteiger partial charge in [-0.1, -0.05) is 6.08 Å². The molecule has 7 heteroatoms. The van der Waals surface area contributed by atoms with Crippen molar-refractivity contribution in [1.82, 2.24) is 5.23 Å². The highest BCUT2D eigenvalue weighted by atomic mass is 28.4. The molecule has 0 aromatic carbocycles. The fraction of sp³-hybridized carbons (Fsp3) is 0.800. The van der Waals surface area contributed by atoms with Crippen molar-refractivity contribution < 1.29 is 23.6 Å². The Labute approximate surface area is 132 Å². The van der Waals surface area contributed by atoms with E-state index in [1.165, 1.54) is 5.23 Å². The van der Waals surface area contributed by atoms with E-state index in [9.17, 15) is 4.79 Å².